The normalized spacial score (nSPS) is 19.3. The molecule has 1 N–H and O–H groups in total. The molecule has 1 aliphatic carbocycles. The number of thiazole rings is 1. The number of hydrogen-bond donors (Lipinski definition) is 1. The van der Waals surface area contributed by atoms with Gasteiger partial charge >= 0.3 is 0 Å². The summed E-state index contributed by atoms with van der Waals surface area (Å²) in [5, 5.41) is 4.82. The average molecular weight is 352 g/mol. The lowest BCUT2D eigenvalue weighted by atomic mass is 10.1. The predicted molar refractivity (Wildman–Crippen MR) is 89.7 cm³/mol. The van der Waals surface area contributed by atoms with Gasteiger partial charge in [0.1, 0.15) is 4.33 Å². The van der Waals surface area contributed by atoms with E-state index >= 15 is 0 Å². The third kappa shape index (κ3) is 2.49. The molecule has 0 bridgehead atoms. The molecular weight excluding hydrogens is 341 g/mol. The van der Waals surface area contributed by atoms with Crippen LogP contribution in [-0.4, -0.2) is 19.6 Å². The molecule has 1 unspecified atom stereocenters. The molecule has 1 atom stereocenters. The van der Waals surface area contributed by atoms with Crippen LogP contribution in [0.5, 0.6) is 0 Å². The van der Waals surface area contributed by atoms with E-state index < -0.39 is 4.33 Å². The van der Waals surface area contributed by atoms with Crippen molar-refractivity contribution < 1.29 is 4.79 Å². The third-order valence-electron chi connectivity index (χ3n) is 3.68. The molecule has 1 aromatic carbocycles. The number of amides is 1. The van der Waals surface area contributed by atoms with E-state index in [2.05, 4.69) is 10.3 Å². The molecule has 0 aliphatic heterocycles. The summed E-state index contributed by atoms with van der Waals surface area (Å²) in [5.41, 5.74) is 2.64. The highest BCUT2D eigenvalue weighted by Crippen LogP contribution is 2.53. The summed E-state index contributed by atoms with van der Waals surface area (Å²) in [6.07, 6.45) is 4.47. The number of imidazole rings is 1. The van der Waals surface area contributed by atoms with Gasteiger partial charge in [0.15, 0.2) is 4.96 Å². The van der Waals surface area contributed by atoms with Crippen molar-refractivity contribution in [2.24, 2.45) is 5.92 Å². The van der Waals surface area contributed by atoms with Crippen molar-refractivity contribution in [1.29, 1.82) is 0 Å². The van der Waals surface area contributed by atoms with E-state index in [4.69, 9.17) is 23.2 Å². The molecule has 1 aliphatic rings. The Balaban J connectivity index is 1.51. The van der Waals surface area contributed by atoms with Gasteiger partial charge in [-0.05, 0) is 18.6 Å². The number of carbonyl (C=O) groups is 1. The standard InChI is InChI=1S/C15H11Cl2N3OS/c16-15(17)7-11(15)13(21)18-10-3-1-9(2-4-10)12-8-20-5-6-22-14(20)19-12/h1-6,8,11H,7H2,(H,18,21). The minimum atomic E-state index is -0.897. The molecule has 112 valence electrons. The van der Waals surface area contributed by atoms with E-state index in [1.54, 1.807) is 11.3 Å². The molecule has 0 spiro atoms. The van der Waals surface area contributed by atoms with E-state index in [1.165, 1.54) is 0 Å². The molecule has 0 saturated heterocycles. The molecular formula is C15H11Cl2N3OS. The summed E-state index contributed by atoms with van der Waals surface area (Å²) in [6, 6.07) is 7.58. The highest BCUT2D eigenvalue weighted by atomic mass is 35.5. The topological polar surface area (TPSA) is 46.4 Å². The van der Waals surface area contributed by atoms with Crippen LogP contribution in [0, 0.1) is 5.92 Å². The number of nitrogens with one attached hydrogen (secondary N) is 1. The van der Waals surface area contributed by atoms with Crippen LogP contribution in [0.2, 0.25) is 0 Å². The molecule has 0 radical (unpaired) electrons. The van der Waals surface area contributed by atoms with Gasteiger partial charge in [-0.15, -0.1) is 34.5 Å². The number of aromatic nitrogens is 2. The minimum Gasteiger partial charge on any atom is -0.326 e. The number of carbonyl (C=O) groups excluding carboxylic acids is 1. The lowest BCUT2D eigenvalue weighted by Gasteiger charge is -2.05. The van der Waals surface area contributed by atoms with Crippen molar-refractivity contribution in [3.63, 3.8) is 0 Å². The Morgan fingerprint density at radius 2 is 2.09 bits per heavy atom. The molecule has 1 saturated carbocycles. The number of rotatable bonds is 3. The zero-order chi connectivity index (χ0) is 15.3. The van der Waals surface area contributed by atoms with E-state index in [0.717, 1.165) is 21.9 Å². The Morgan fingerprint density at radius 3 is 2.73 bits per heavy atom. The van der Waals surface area contributed by atoms with Gasteiger partial charge in [0.25, 0.3) is 0 Å². The van der Waals surface area contributed by atoms with Crippen LogP contribution in [0.3, 0.4) is 0 Å². The molecule has 3 aromatic rings. The van der Waals surface area contributed by atoms with Crippen molar-refractivity contribution >= 4 is 51.1 Å². The largest absolute Gasteiger partial charge is 0.326 e. The number of fused-ring (bicyclic) bond motifs is 1. The summed E-state index contributed by atoms with van der Waals surface area (Å²) < 4.78 is 1.09. The SMILES string of the molecule is O=C(Nc1ccc(-c2cn3ccsc3n2)cc1)C1CC1(Cl)Cl. The molecule has 22 heavy (non-hydrogen) atoms. The molecule has 1 amide bonds. The zero-order valence-electron chi connectivity index (χ0n) is 11.3. The Hall–Kier alpha value is -1.56. The van der Waals surface area contributed by atoms with Crippen LogP contribution in [0.25, 0.3) is 16.2 Å². The maximum absolute atomic E-state index is 11.9. The number of halogens is 2. The van der Waals surface area contributed by atoms with Gasteiger partial charge in [-0.3, -0.25) is 9.20 Å². The van der Waals surface area contributed by atoms with Crippen LogP contribution in [0.4, 0.5) is 5.69 Å². The molecule has 7 heteroatoms. The Morgan fingerprint density at radius 1 is 1.36 bits per heavy atom. The monoisotopic (exact) mass is 351 g/mol. The van der Waals surface area contributed by atoms with Crippen molar-refractivity contribution in [1.82, 2.24) is 9.38 Å². The van der Waals surface area contributed by atoms with Gasteiger partial charge in [-0.2, -0.15) is 0 Å². The maximum atomic E-state index is 11.9. The van der Waals surface area contributed by atoms with Crippen molar-refractivity contribution in [2.75, 3.05) is 5.32 Å². The van der Waals surface area contributed by atoms with Gasteiger partial charge in [-0.1, -0.05) is 12.1 Å². The first-order valence-corrected chi connectivity index (χ1v) is 8.38. The fraction of sp³-hybridized carbons (Fsp3) is 0.200. The van der Waals surface area contributed by atoms with Gasteiger partial charge in [0.2, 0.25) is 5.91 Å². The smallest absolute Gasteiger partial charge is 0.230 e. The summed E-state index contributed by atoms with van der Waals surface area (Å²) in [7, 11) is 0. The first-order valence-electron chi connectivity index (χ1n) is 6.74. The fourth-order valence-electron chi connectivity index (χ4n) is 2.32. The van der Waals surface area contributed by atoms with E-state index in [1.807, 2.05) is 46.4 Å². The molecule has 4 nitrogen and oxygen atoms in total. The van der Waals surface area contributed by atoms with Crippen molar-refractivity contribution in [3.8, 4) is 11.3 Å². The number of alkyl halides is 2. The van der Waals surface area contributed by atoms with Crippen LogP contribution < -0.4 is 5.32 Å². The minimum absolute atomic E-state index is 0.139. The van der Waals surface area contributed by atoms with Crippen LogP contribution in [0.1, 0.15) is 6.42 Å². The first kappa shape index (κ1) is 14.1. The van der Waals surface area contributed by atoms with Crippen molar-refractivity contribution in [2.45, 2.75) is 10.8 Å². The Labute approximate surface area is 140 Å². The number of nitrogens with zero attached hydrogens (tertiary/aromatic N) is 2. The van der Waals surface area contributed by atoms with Crippen LogP contribution >= 0.6 is 34.5 Å². The fourth-order valence-corrected chi connectivity index (χ4v) is 3.52. The number of anilines is 1. The highest BCUT2D eigenvalue weighted by Gasteiger charge is 2.56. The second-order valence-electron chi connectivity index (χ2n) is 5.30. The number of benzene rings is 1. The van der Waals surface area contributed by atoms with Gasteiger partial charge in [0.05, 0.1) is 11.6 Å². The van der Waals surface area contributed by atoms with Crippen LogP contribution in [0.15, 0.2) is 42.0 Å². The lowest BCUT2D eigenvalue weighted by Crippen LogP contribution is -2.16. The highest BCUT2D eigenvalue weighted by molar-refractivity contribution is 7.15. The molecule has 2 aromatic heterocycles. The second-order valence-corrected chi connectivity index (χ2v) is 7.72. The van der Waals surface area contributed by atoms with E-state index in [9.17, 15) is 4.79 Å². The first-order chi connectivity index (χ1) is 10.5. The summed E-state index contributed by atoms with van der Waals surface area (Å²) in [6.45, 7) is 0. The van der Waals surface area contributed by atoms with Gasteiger partial charge < -0.3 is 5.32 Å². The summed E-state index contributed by atoms with van der Waals surface area (Å²) in [4.78, 5) is 17.4. The Kier molecular flexibility index (Phi) is 3.18. The Bertz CT molecular complexity index is 825. The summed E-state index contributed by atoms with van der Waals surface area (Å²) >= 11 is 13.4. The van der Waals surface area contributed by atoms with Crippen LogP contribution in [-0.2, 0) is 4.79 Å². The zero-order valence-corrected chi connectivity index (χ0v) is 13.6. The number of hydrogen-bond acceptors (Lipinski definition) is 3. The van der Waals surface area contributed by atoms with Crippen molar-refractivity contribution in [3.05, 3.63) is 42.0 Å². The molecule has 4 rings (SSSR count). The molecule has 2 heterocycles. The van der Waals surface area contributed by atoms with E-state index in [-0.39, 0.29) is 11.8 Å². The van der Waals surface area contributed by atoms with E-state index in [0.29, 0.717) is 6.42 Å². The second kappa shape index (κ2) is 4.98. The third-order valence-corrected chi connectivity index (χ3v) is 5.29. The average Bonchev–Trinajstić information content (AvgIpc) is 2.83. The molecule has 1 fully saturated rings. The van der Waals surface area contributed by atoms with Gasteiger partial charge in [0, 0.05) is 29.0 Å². The summed E-state index contributed by atoms with van der Waals surface area (Å²) in [5.74, 6) is -0.462. The van der Waals surface area contributed by atoms with Gasteiger partial charge in [-0.25, -0.2) is 4.98 Å². The lowest BCUT2D eigenvalue weighted by molar-refractivity contribution is -0.117. The predicted octanol–water partition coefficient (Wildman–Crippen LogP) is 4.20. The maximum Gasteiger partial charge on any atom is 0.230 e. The quantitative estimate of drug-likeness (QED) is 0.719.